The largest absolute Gasteiger partial charge is 0.476 e. The summed E-state index contributed by atoms with van der Waals surface area (Å²) in [6, 6.07) is 0. The molecule has 5 rings (SSSR count). The molecule has 0 N–H and O–H groups in total. The third-order valence-corrected chi connectivity index (χ3v) is 9.47. The van der Waals surface area contributed by atoms with E-state index in [-0.39, 0.29) is 49.5 Å². The van der Waals surface area contributed by atoms with Crippen molar-refractivity contribution in [2.24, 2.45) is 5.92 Å². The average molecular weight is 573 g/mol. The number of amides is 2. The van der Waals surface area contributed by atoms with Crippen LogP contribution in [0.4, 0.5) is 19.4 Å². The molecule has 1 aromatic heterocycles. The zero-order valence-electron chi connectivity index (χ0n) is 21.9. The highest BCUT2D eigenvalue weighted by Gasteiger charge is 2.44. The summed E-state index contributed by atoms with van der Waals surface area (Å²) < 4.78 is 63.5. The fourth-order valence-electron chi connectivity index (χ4n) is 4.83. The second kappa shape index (κ2) is 10.7. The summed E-state index contributed by atoms with van der Waals surface area (Å²) in [6.45, 7) is 2.57. The van der Waals surface area contributed by atoms with Crippen LogP contribution in [-0.4, -0.2) is 121 Å². The maximum atomic E-state index is 13.0. The summed E-state index contributed by atoms with van der Waals surface area (Å²) in [6.07, 6.45) is 6.02. The molecule has 12 nitrogen and oxygen atoms in total. The van der Waals surface area contributed by atoms with E-state index in [4.69, 9.17) is 9.47 Å². The number of alkyl halides is 2. The van der Waals surface area contributed by atoms with Crippen LogP contribution in [0.15, 0.2) is 12.4 Å². The quantitative estimate of drug-likeness (QED) is 0.429. The van der Waals surface area contributed by atoms with Crippen LogP contribution in [0.5, 0.6) is 5.88 Å². The smallest absolute Gasteiger partial charge is 0.410 e. The van der Waals surface area contributed by atoms with Crippen molar-refractivity contribution in [3.63, 3.8) is 0 Å². The van der Waals surface area contributed by atoms with Gasteiger partial charge in [-0.3, -0.25) is 14.6 Å². The predicted molar refractivity (Wildman–Crippen MR) is 135 cm³/mol. The number of halogens is 2. The maximum absolute atomic E-state index is 13.0. The third-order valence-electron chi connectivity index (χ3n) is 7.67. The van der Waals surface area contributed by atoms with Crippen molar-refractivity contribution in [2.45, 2.75) is 44.1 Å². The molecule has 0 aromatic carbocycles. The lowest BCUT2D eigenvalue weighted by molar-refractivity contribution is -0.128. The number of ether oxygens (including phenoxy) is 2. The van der Waals surface area contributed by atoms with E-state index in [0.717, 1.165) is 30.0 Å². The van der Waals surface area contributed by atoms with Crippen LogP contribution < -0.4 is 9.64 Å². The number of sulfonamides is 1. The maximum Gasteiger partial charge on any atom is 0.410 e. The number of anilines is 1. The molecule has 0 unspecified atom stereocenters. The number of carbonyl (C=O) groups is 2. The number of likely N-dealkylation sites (tertiary alicyclic amines) is 2. The van der Waals surface area contributed by atoms with Crippen molar-refractivity contribution in [2.75, 3.05) is 69.6 Å². The highest BCUT2D eigenvalue weighted by Crippen LogP contribution is 2.39. The minimum Gasteiger partial charge on any atom is -0.476 e. The van der Waals surface area contributed by atoms with Crippen molar-refractivity contribution in [3.05, 3.63) is 12.4 Å². The summed E-state index contributed by atoms with van der Waals surface area (Å²) in [7, 11) is -3.75. The zero-order valence-corrected chi connectivity index (χ0v) is 22.7. The monoisotopic (exact) mass is 572 g/mol. The van der Waals surface area contributed by atoms with Gasteiger partial charge in [0.2, 0.25) is 21.8 Å². The van der Waals surface area contributed by atoms with E-state index < -0.39 is 34.9 Å². The number of hydrogen-bond donors (Lipinski definition) is 0. The Bertz CT molecular complexity index is 1170. The number of carbonyl (C=O) groups excluding carboxylic acids is 2. The minimum atomic E-state index is -3.75. The molecular weight excluding hydrogens is 538 g/mol. The Hall–Kier alpha value is -2.65. The lowest BCUT2D eigenvalue weighted by Crippen LogP contribution is -2.58. The SMILES string of the molecule is CC1(OC(=O)N2CCC(COc3cnc(N4CCN(S(=O)(=O)CCN5CC(F)(F)C5)CC4=O)cn3)CC2)CC1. The molecule has 216 valence electrons. The molecule has 1 aliphatic carbocycles. The Kier molecular flexibility index (Phi) is 7.68. The molecule has 1 aromatic rings. The molecular formula is C24H34F2N6O6S. The normalized spacial score (nSPS) is 23.8. The Labute approximate surface area is 226 Å². The van der Waals surface area contributed by atoms with Gasteiger partial charge in [0.25, 0.3) is 5.92 Å². The van der Waals surface area contributed by atoms with Gasteiger partial charge in [0.1, 0.15) is 5.60 Å². The summed E-state index contributed by atoms with van der Waals surface area (Å²) >= 11 is 0. The topological polar surface area (TPSA) is 125 Å². The first-order valence-electron chi connectivity index (χ1n) is 13.2. The summed E-state index contributed by atoms with van der Waals surface area (Å²) in [5.41, 5.74) is -0.282. The number of hydrogen-bond acceptors (Lipinski definition) is 9. The van der Waals surface area contributed by atoms with E-state index >= 15 is 0 Å². The molecule has 0 atom stereocenters. The van der Waals surface area contributed by atoms with E-state index in [1.165, 1.54) is 22.2 Å². The third kappa shape index (κ3) is 6.92. The van der Waals surface area contributed by atoms with Crippen LogP contribution >= 0.6 is 0 Å². The van der Waals surface area contributed by atoms with Crippen molar-refractivity contribution in [3.8, 4) is 5.88 Å². The molecule has 4 aliphatic rings. The van der Waals surface area contributed by atoms with Crippen LogP contribution in [0, 0.1) is 5.92 Å². The van der Waals surface area contributed by atoms with E-state index in [1.54, 1.807) is 4.90 Å². The van der Waals surface area contributed by atoms with Gasteiger partial charge in [-0.2, -0.15) is 4.31 Å². The van der Waals surface area contributed by atoms with Crippen molar-refractivity contribution in [1.82, 2.24) is 24.1 Å². The summed E-state index contributed by atoms with van der Waals surface area (Å²) in [5.74, 6) is -2.64. The number of nitrogens with zero attached hydrogens (tertiary/aromatic N) is 6. The molecule has 0 spiro atoms. The fraction of sp³-hybridized carbons (Fsp3) is 0.750. The average Bonchev–Trinajstić information content (AvgIpc) is 3.61. The van der Waals surface area contributed by atoms with Gasteiger partial charge in [-0.15, -0.1) is 0 Å². The number of aromatic nitrogens is 2. The van der Waals surface area contributed by atoms with Crippen LogP contribution in [-0.2, 0) is 19.6 Å². The van der Waals surface area contributed by atoms with E-state index in [0.29, 0.717) is 31.4 Å². The highest BCUT2D eigenvalue weighted by atomic mass is 32.2. The molecule has 15 heteroatoms. The molecule has 4 heterocycles. The Morgan fingerprint density at radius 2 is 1.82 bits per heavy atom. The van der Waals surface area contributed by atoms with Gasteiger partial charge in [-0.1, -0.05) is 0 Å². The van der Waals surface area contributed by atoms with Gasteiger partial charge in [-0.05, 0) is 38.5 Å². The molecule has 39 heavy (non-hydrogen) atoms. The Balaban J connectivity index is 1.04. The van der Waals surface area contributed by atoms with Crippen LogP contribution in [0.2, 0.25) is 0 Å². The second-order valence-electron chi connectivity index (χ2n) is 11.0. The van der Waals surface area contributed by atoms with E-state index in [2.05, 4.69) is 9.97 Å². The molecule has 1 saturated carbocycles. The lowest BCUT2D eigenvalue weighted by Gasteiger charge is -2.39. The standard InChI is InChI=1S/C24H34F2N6O6S/c1-23(4-5-23)38-22(34)30-6-2-18(3-7-30)15-37-20-13-27-19(12-28-20)32-9-8-31(14-21(32)33)39(35,36)11-10-29-16-24(25,26)17-29/h12-13,18H,2-11,14-17H2,1H3. The highest BCUT2D eigenvalue weighted by molar-refractivity contribution is 7.89. The first kappa shape index (κ1) is 27.9. The van der Waals surface area contributed by atoms with Crippen LogP contribution in [0.3, 0.4) is 0 Å². The minimum absolute atomic E-state index is 0.00437. The summed E-state index contributed by atoms with van der Waals surface area (Å²) in [5, 5.41) is 0. The molecule has 4 fully saturated rings. The Morgan fingerprint density at radius 3 is 2.41 bits per heavy atom. The molecule has 0 radical (unpaired) electrons. The number of piperidine rings is 1. The van der Waals surface area contributed by atoms with Crippen molar-refractivity contribution < 1.29 is 36.3 Å². The van der Waals surface area contributed by atoms with E-state index in [9.17, 15) is 26.8 Å². The van der Waals surface area contributed by atoms with Crippen LogP contribution in [0.1, 0.15) is 32.6 Å². The Morgan fingerprint density at radius 1 is 1.10 bits per heavy atom. The second-order valence-corrected chi connectivity index (χ2v) is 13.1. The van der Waals surface area contributed by atoms with Crippen molar-refractivity contribution in [1.29, 1.82) is 0 Å². The van der Waals surface area contributed by atoms with Gasteiger partial charge in [0.15, 0.2) is 5.82 Å². The fourth-order valence-corrected chi connectivity index (χ4v) is 6.25. The van der Waals surface area contributed by atoms with Crippen molar-refractivity contribution >= 4 is 27.8 Å². The van der Waals surface area contributed by atoms with Crippen LogP contribution in [0.25, 0.3) is 0 Å². The molecule has 0 bridgehead atoms. The van der Waals surface area contributed by atoms with Gasteiger partial charge < -0.3 is 14.4 Å². The van der Waals surface area contributed by atoms with Gasteiger partial charge in [-0.25, -0.2) is 32.0 Å². The first-order chi connectivity index (χ1) is 18.4. The molecule has 3 saturated heterocycles. The molecule has 2 amide bonds. The van der Waals surface area contributed by atoms with E-state index in [1.807, 2.05) is 6.92 Å². The van der Waals surface area contributed by atoms with Gasteiger partial charge in [0.05, 0.1) is 44.4 Å². The molecule has 3 aliphatic heterocycles. The lowest BCUT2D eigenvalue weighted by atomic mass is 9.98. The predicted octanol–water partition coefficient (Wildman–Crippen LogP) is 1.19. The summed E-state index contributed by atoms with van der Waals surface area (Å²) in [4.78, 5) is 37.9. The number of piperazine rings is 1. The van der Waals surface area contributed by atoms with Gasteiger partial charge >= 0.3 is 6.09 Å². The zero-order chi connectivity index (χ0) is 27.8. The van der Waals surface area contributed by atoms with Gasteiger partial charge in [0, 0.05) is 32.7 Å². The number of rotatable bonds is 9. The first-order valence-corrected chi connectivity index (χ1v) is 14.8.